The topological polar surface area (TPSA) is 52.6 Å². The average molecular weight is 318 g/mol. The van der Waals surface area contributed by atoms with Crippen LogP contribution < -0.4 is 5.32 Å². The molecule has 2 N–H and O–H groups in total. The van der Waals surface area contributed by atoms with Crippen molar-refractivity contribution >= 4 is 5.91 Å². The van der Waals surface area contributed by atoms with Crippen molar-refractivity contribution in [1.29, 1.82) is 0 Å². The molecule has 2 unspecified atom stereocenters. The fourth-order valence-corrected chi connectivity index (χ4v) is 3.13. The lowest BCUT2D eigenvalue weighted by molar-refractivity contribution is -0.127. The highest BCUT2D eigenvalue weighted by molar-refractivity contribution is 5.78. The monoisotopic (exact) mass is 318 g/mol. The Morgan fingerprint density at radius 2 is 1.96 bits per heavy atom. The molecule has 2 atom stereocenters. The molecule has 0 spiro atoms. The van der Waals surface area contributed by atoms with Crippen LogP contribution in [0.3, 0.4) is 0 Å². The van der Waals surface area contributed by atoms with Gasteiger partial charge in [-0.25, -0.2) is 0 Å². The Morgan fingerprint density at radius 3 is 2.61 bits per heavy atom. The van der Waals surface area contributed by atoms with Gasteiger partial charge >= 0.3 is 0 Å². The number of likely N-dealkylation sites (tertiary alicyclic amines) is 1. The molecule has 0 bridgehead atoms. The first-order valence-corrected chi connectivity index (χ1v) is 8.84. The summed E-state index contributed by atoms with van der Waals surface area (Å²) in [5.41, 5.74) is 2.18. The third-order valence-corrected chi connectivity index (χ3v) is 4.80. The van der Waals surface area contributed by atoms with Gasteiger partial charge < -0.3 is 10.4 Å². The van der Waals surface area contributed by atoms with Crippen molar-refractivity contribution in [2.24, 2.45) is 5.92 Å². The molecule has 1 amide bonds. The number of hydrogen-bond acceptors (Lipinski definition) is 3. The second-order valence-electron chi connectivity index (χ2n) is 6.67. The van der Waals surface area contributed by atoms with E-state index in [1.165, 1.54) is 5.56 Å². The lowest BCUT2D eigenvalue weighted by Gasteiger charge is -2.37. The summed E-state index contributed by atoms with van der Waals surface area (Å²) in [5.74, 6) is 0.325. The van der Waals surface area contributed by atoms with Gasteiger partial charge in [-0.1, -0.05) is 37.6 Å². The number of carbonyl (C=O) groups is 1. The van der Waals surface area contributed by atoms with Crippen LogP contribution in [0.15, 0.2) is 24.3 Å². The molecule has 0 aromatic heterocycles. The molecule has 1 heterocycles. The molecule has 1 fully saturated rings. The highest BCUT2D eigenvalue weighted by Gasteiger charge is 2.29. The van der Waals surface area contributed by atoms with Crippen LogP contribution >= 0.6 is 0 Å². The van der Waals surface area contributed by atoms with E-state index in [0.717, 1.165) is 50.9 Å². The molecule has 1 aromatic rings. The number of unbranched alkanes of at least 4 members (excludes halogenated alkanes) is 1. The standard InChI is InChI=1S/C19H30N2O2/c1-3-4-11-20-19(23)18-10-5-15(2)21(13-18)12-16-6-8-17(14-22)9-7-16/h6-9,15,18,22H,3-5,10-14H2,1-2H3,(H,20,23). The minimum Gasteiger partial charge on any atom is -0.392 e. The molecule has 4 heteroatoms. The summed E-state index contributed by atoms with van der Waals surface area (Å²) in [6.07, 6.45) is 4.22. The predicted octanol–water partition coefficient (Wildman–Crippen LogP) is 2.70. The van der Waals surface area contributed by atoms with Crippen LogP contribution in [-0.2, 0) is 17.9 Å². The number of carbonyl (C=O) groups excluding carboxylic acids is 1. The summed E-state index contributed by atoms with van der Waals surface area (Å²) in [4.78, 5) is 14.7. The Kier molecular flexibility index (Phi) is 7.06. The maximum Gasteiger partial charge on any atom is 0.224 e. The minimum absolute atomic E-state index is 0.0837. The first-order chi connectivity index (χ1) is 11.1. The van der Waals surface area contributed by atoms with Crippen molar-refractivity contribution in [2.75, 3.05) is 13.1 Å². The van der Waals surface area contributed by atoms with E-state index in [-0.39, 0.29) is 18.4 Å². The number of nitrogens with one attached hydrogen (secondary N) is 1. The van der Waals surface area contributed by atoms with E-state index < -0.39 is 0 Å². The first-order valence-electron chi connectivity index (χ1n) is 8.84. The summed E-state index contributed by atoms with van der Waals surface area (Å²) in [6, 6.07) is 8.59. The summed E-state index contributed by atoms with van der Waals surface area (Å²) in [7, 11) is 0. The minimum atomic E-state index is 0.0837. The molecule has 2 rings (SSSR count). The van der Waals surface area contributed by atoms with Crippen molar-refractivity contribution < 1.29 is 9.90 Å². The molecule has 0 aliphatic carbocycles. The van der Waals surface area contributed by atoms with Gasteiger partial charge in [0.2, 0.25) is 5.91 Å². The third kappa shape index (κ3) is 5.33. The second kappa shape index (κ2) is 9.04. The lowest BCUT2D eigenvalue weighted by Crippen LogP contribution is -2.46. The van der Waals surface area contributed by atoms with Gasteiger partial charge in [-0.3, -0.25) is 9.69 Å². The van der Waals surface area contributed by atoms with Crippen molar-refractivity contribution in [3.8, 4) is 0 Å². The maximum atomic E-state index is 12.3. The first kappa shape index (κ1) is 18.0. The van der Waals surface area contributed by atoms with Gasteiger partial charge in [-0.2, -0.15) is 0 Å². The number of benzene rings is 1. The summed E-state index contributed by atoms with van der Waals surface area (Å²) >= 11 is 0. The summed E-state index contributed by atoms with van der Waals surface area (Å²) < 4.78 is 0. The number of piperidine rings is 1. The lowest BCUT2D eigenvalue weighted by atomic mass is 9.92. The van der Waals surface area contributed by atoms with Crippen molar-refractivity contribution in [3.63, 3.8) is 0 Å². The SMILES string of the molecule is CCCCNC(=O)C1CCC(C)N(Cc2ccc(CO)cc2)C1. The van der Waals surface area contributed by atoms with Crippen LogP contribution in [0.4, 0.5) is 0 Å². The number of aliphatic hydroxyl groups is 1. The van der Waals surface area contributed by atoms with E-state index in [9.17, 15) is 4.79 Å². The molecule has 0 saturated carbocycles. The summed E-state index contributed by atoms with van der Waals surface area (Å²) in [5, 5.41) is 12.2. The zero-order valence-electron chi connectivity index (χ0n) is 14.4. The van der Waals surface area contributed by atoms with Gasteiger partial charge in [0.15, 0.2) is 0 Å². The number of rotatable bonds is 7. The Labute approximate surface area is 139 Å². The van der Waals surface area contributed by atoms with E-state index in [4.69, 9.17) is 5.11 Å². The second-order valence-corrected chi connectivity index (χ2v) is 6.67. The van der Waals surface area contributed by atoms with Gasteiger partial charge in [0, 0.05) is 25.7 Å². The molecule has 1 aromatic carbocycles. The molecule has 128 valence electrons. The molecule has 0 radical (unpaired) electrons. The summed E-state index contributed by atoms with van der Waals surface area (Å²) in [6.45, 7) is 6.96. The fraction of sp³-hybridized carbons (Fsp3) is 0.632. The van der Waals surface area contributed by atoms with E-state index in [1.807, 2.05) is 12.1 Å². The number of hydrogen-bond donors (Lipinski definition) is 2. The molecular formula is C19H30N2O2. The van der Waals surface area contributed by atoms with Crippen molar-refractivity contribution in [3.05, 3.63) is 35.4 Å². The maximum absolute atomic E-state index is 12.3. The van der Waals surface area contributed by atoms with E-state index in [2.05, 4.69) is 36.2 Å². The van der Waals surface area contributed by atoms with E-state index in [0.29, 0.717) is 6.04 Å². The van der Waals surface area contributed by atoms with E-state index >= 15 is 0 Å². The highest BCUT2D eigenvalue weighted by Crippen LogP contribution is 2.24. The molecule has 4 nitrogen and oxygen atoms in total. The van der Waals surface area contributed by atoms with Crippen molar-refractivity contribution in [2.45, 2.75) is 58.7 Å². The van der Waals surface area contributed by atoms with Crippen LogP contribution in [0.2, 0.25) is 0 Å². The molecule has 1 aliphatic heterocycles. The molecule has 1 saturated heterocycles. The van der Waals surface area contributed by atoms with Gasteiger partial charge in [0.05, 0.1) is 12.5 Å². The zero-order valence-corrected chi connectivity index (χ0v) is 14.4. The van der Waals surface area contributed by atoms with Crippen LogP contribution in [0.1, 0.15) is 50.7 Å². The number of nitrogens with zero attached hydrogens (tertiary/aromatic N) is 1. The van der Waals surface area contributed by atoms with Gasteiger partial charge in [0.1, 0.15) is 0 Å². The van der Waals surface area contributed by atoms with Crippen molar-refractivity contribution in [1.82, 2.24) is 10.2 Å². The Morgan fingerprint density at radius 1 is 1.26 bits per heavy atom. The Bertz CT molecular complexity index is 487. The van der Waals surface area contributed by atoms with Crippen LogP contribution in [0.5, 0.6) is 0 Å². The Hall–Kier alpha value is -1.39. The quantitative estimate of drug-likeness (QED) is 0.760. The predicted molar refractivity (Wildman–Crippen MR) is 92.9 cm³/mol. The molecule has 1 aliphatic rings. The number of amides is 1. The van der Waals surface area contributed by atoms with Crippen LogP contribution in [-0.4, -0.2) is 35.0 Å². The zero-order chi connectivity index (χ0) is 16.7. The largest absolute Gasteiger partial charge is 0.392 e. The van der Waals surface area contributed by atoms with Gasteiger partial charge in [-0.05, 0) is 37.3 Å². The highest BCUT2D eigenvalue weighted by atomic mass is 16.3. The third-order valence-electron chi connectivity index (χ3n) is 4.80. The normalized spacial score (nSPS) is 22.0. The number of aliphatic hydroxyl groups excluding tert-OH is 1. The van der Waals surface area contributed by atoms with Crippen LogP contribution in [0, 0.1) is 5.92 Å². The molecule has 23 heavy (non-hydrogen) atoms. The fourth-order valence-electron chi connectivity index (χ4n) is 3.13. The van der Waals surface area contributed by atoms with Gasteiger partial charge in [0.25, 0.3) is 0 Å². The smallest absolute Gasteiger partial charge is 0.224 e. The van der Waals surface area contributed by atoms with Crippen LogP contribution in [0.25, 0.3) is 0 Å². The average Bonchev–Trinajstić information content (AvgIpc) is 2.57. The Balaban J connectivity index is 1.90. The van der Waals surface area contributed by atoms with Gasteiger partial charge in [-0.15, -0.1) is 0 Å². The molecular weight excluding hydrogens is 288 g/mol. The van der Waals surface area contributed by atoms with E-state index in [1.54, 1.807) is 0 Å².